The molecular weight excluding hydrogens is 214 g/mol. The van der Waals surface area contributed by atoms with Crippen LogP contribution in [0.2, 0.25) is 0 Å². The Bertz CT molecular complexity index is 405. The fourth-order valence-electron chi connectivity index (χ4n) is 2.22. The van der Waals surface area contributed by atoms with E-state index in [1.165, 1.54) is 0 Å². The van der Waals surface area contributed by atoms with Crippen LogP contribution in [0.1, 0.15) is 39.7 Å². The van der Waals surface area contributed by atoms with Crippen LogP contribution in [0.3, 0.4) is 0 Å². The molecule has 17 heavy (non-hydrogen) atoms. The van der Waals surface area contributed by atoms with Gasteiger partial charge in [0.1, 0.15) is 0 Å². The van der Waals surface area contributed by atoms with Gasteiger partial charge in [0, 0.05) is 5.69 Å². The highest BCUT2D eigenvalue weighted by molar-refractivity contribution is 5.73. The average Bonchev–Trinajstić information content (AvgIpc) is 2.16. The predicted octanol–water partition coefficient (Wildman–Crippen LogP) is 3.05. The molecule has 0 bridgehead atoms. The second-order valence-corrected chi connectivity index (χ2v) is 5.87. The average molecular weight is 235 g/mol. The van der Waals surface area contributed by atoms with Crippen molar-refractivity contribution in [3.8, 4) is 0 Å². The molecular formula is C14H21NO2. The molecule has 0 atom stereocenters. The van der Waals surface area contributed by atoms with Gasteiger partial charge < -0.3 is 10.8 Å². The zero-order valence-electron chi connectivity index (χ0n) is 10.9. The van der Waals surface area contributed by atoms with E-state index in [2.05, 4.69) is 13.8 Å². The zero-order chi connectivity index (χ0) is 13.3. The molecule has 0 aliphatic rings. The summed E-state index contributed by atoms with van der Waals surface area (Å²) in [6.45, 7) is 7.63. The highest BCUT2D eigenvalue weighted by Crippen LogP contribution is 2.36. The van der Waals surface area contributed by atoms with E-state index >= 15 is 0 Å². The van der Waals surface area contributed by atoms with Gasteiger partial charge in [0.15, 0.2) is 0 Å². The van der Waals surface area contributed by atoms with Gasteiger partial charge in [0.25, 0.3) is 0 Å². The van der Waals surface area contributed by atoms with E-state index in [0.29, 0.717) is 6.42 Å². The van der Waals surface area contributed by atoms with E-state index in [1.807, 2.05) is 24.3 Å². The second kappa shape index (κ2) is 4.40. The van der Waals surface area contributed by atoms with Gasteiger partial charge in [0.05, 0.1) is 5.41 Å². The van der Waals surface area contributed by atoms with Gasteiger partial charge in [0.2, 0.25) is 0 Å². The third-order valence-corrected chi connectivity index (χ3v) is 3.15. The SMILES string of the molecule is CC(C)(CC(C)(C)c1ccc(N)cc1)C(=O)O. The minimum absolute atomic E-state index is 0.185. The molecule has 0 aromatic heterocycles. The number of aliphatic carboxylic acids is 1. The van der Waals surface area contributed by atoms with Gasteiger partial charge in [-0.3, -0.25) is 4.79 Å². The number of carbonyl (C=O) groups is 1. The van der Waals surface area contributed by atoms with Crippen molar-refractivity contribution in [3.05, 3.63) is 29.8 Å². The number of hydrogen-bond acceptors (Lipinski definition) is 2. The van der Waals surface area contributed by atoms with Crippen LogP contribution < -0.4 is 5.73 Å². The molecule has 94 valence electrons. The molecule has 0 amide bonds. The van der Waals surface area contributed by atoms with Crippen molar-refractivity contribution < 1.29 is 9.90 Å². The second-order valence-electron chi connectivity index (χ2n) is 5.87. The molecule has 1 aromatic carbocycles. The number of carboxylic acids is 1. The number of benzene rings is 1. The molecule has 1 rings (SSSR count). The maximum Gasteiger partial charge on any atom is 0.309 e. The quantitative estimate of drug-likeness (QED) is 0.788. The number of rotatable bonds is 4. The predicted molar refractivity (Wildman–Crippen MR) is 69.9 cm³/mol. The largest absolute Gasteiger partial charge is 0.481 e. The highest BCUT2D eigenvalue weighted by Gasteiger charge is 2.35. The van der Waals surface area contributed by atoms with Crippen molar-refractivity contribution in [2.45, 2.75) is 39.5 Å². The summed E-state index contributed by atoms with van der Waals surface area (Å²) < 4.78 is 0. The van der Waals surface area contributed by atoms with Crippen molar-refractivity contribution in [2.75, 3.05) is 5.73 Å². The van der Waals surface area contributed by atoms with Crippen LogP contribution in [0, 0.1) is 5.41 Å². The lowest BCUT2D eigenvalue weighted by Gasteiger charge is -2.32. The highest BCUT2D eigenvalue weighted by atomic mass is 16.4. The summed E-state index contributed by atoms with van der Waals surface area (Å²) in [6, 6.07) is 7.64. The van der Waals surface area contributed by atoms with Crippen LogP contribution in [0.15, 0.2) is 24.3 Å². The maximum atomic E-state index is 11.2. The summed E-state index contributed by atoms with van der Waals surface area (Å²) in [7, 11) is 0. The first-order valence-corrected chi connectivity index (χ1v) is 5.74. The summed E-state index contributed by atoms with van der Waals surface area (Å²) in [5, 5.41) is 9.18. The van der Waals surface area contributed by atoms with Gasteiger partial charge in [-0.1, -0.05) is 26.0 Å². The minimum atomic E-state index is -0.763. The zero-order valence-corrected chi connectivity index (χ0v) is 10.9. The number of carboxylic acid groups (broad SMARTS) is 1. The smallest absolute Gasteiger partial charge is 0.309 e. The number of nitrogen functional groups attached to an aromatic ring is 1. The molecule has 3 nitrogen and oxygen atoms in total. The maximum absolute atomic E-state index is 11.2. The lowest BCUT2D eigenvalue weighted by molar-refractivity contribution is -0.148. The summed E-state index contributed by atoms with van der Waals surface area (Å²) >= 11 is 0. The van der Waals surface area contributed by atoms with E-state index in [0.717, 1.165) is 11.3 Å². The fourth-order valence-corrected chi connectivity index (χ4v) is 2.22. The lowest BCUT2D eigenvalue weighted by Crippen LogP contribution is -2.32. The number of anilines is 1. The first-order chi connectivity index (χ1) is 7.65. The third kappa shape index (κ3) is 3.22. The van der Waals surface area contributed by atoms with Crippen molar-refractivity contribution in [1.29, 1.82) is 0 Å². The molecule has 0 saturated heterocycles. The van der Waals surface area contributed by atoms with Crippen LogP contribution in [0.4, 0.5) is 5.69 Å². The topological polar surface area (TPSA) is 63.3 Å². The Morgan fingerprint density at radius 3 is 2.06 bits per heavy atom. The van der Waals surface area contributed by atoms with Crippen LogP contribution in [-0.4, -0.2) is 11.1 Å². The molecule has 0 aliphatic carbocycles. The first-order valence-electron chi connectivity index (χ1n) is 5.74. The van der Waals surface area contributed by atoms with E-state index < -0.39 is 11.4 Å². The van der Waals surface area contributed by atoms with Crippen molar-refractivity contribution >= 4 is 11.7 Å². The van der Waals surface area contributed by atoms with E-state index in [-0.39, 0.29) is 5.41 Å². The van der Waals surface area contributed by atoms with Crippen molar-refractivity contribution in [1.82, 2.24) is 0 Å². The van der Waals surface area contributed by atoms with Gasteiger partial charge in [-0.25, -0.2) is 0 Å². The summed E-state index contributed by atoms with van der Waals surface area (Å²) in [6.07, 6.45) is 0.583. The van der Waals surface area contributed by atoms with Crippen LogP contribution in [0.5, 0.6) is 0 Å². The molecule has 3 N–H and O–H groups in total. The van der Waals surface area contributed by atoms with E-state index in [9.17, 15) is 9.90 Å². The molecule has 0 heterocycles. The molecule has 0 spiro atoms. The lowest BCUT2D eigenvalue weighted by atomic mass is 9.71. The monoisotopic (exact) mass is 235 g/mol. The molecule has 0 aliphatic heterocycles. The van der Waals surface area contributed by atoms with Crippen molar-refractivity contribution in [3.63, 3.8) is 0 Å². The van der Waals surface area contributed by atoms with Crippen LogP contribution in [0.25, 0.3) is 0 Å². The molecule has 1 aromatic rings. The molecule has 0 radical (unpaired) electrons. The molecule has 0 unspecified atom stereocenters. The first kappa shape index (κ1) is 13.6. The van der Waals surface area contributed by atoms with Gasteiger partial charge in [-0.05, 0) is 43.4 Å². The van der Waals surface area contributed by atoms with Gasteiger partial charge >= 0.3 is 5.97 Å². The normalized spacial score (nSPS) is 12.5. The number of nitrogens with two attached hydrogens (primary N) is 1. The summed E-state index contributed by atoms with van der Waals surface area (Å²) in [5.74, 6) is -0.763. The number of hydrogen-bond donors (Lipinski definition) is 2. The molecule has 0 saturated carbocycles. The Morgan fingerprint density at radius 2 is 1.65 bits per heavy atom. The van der Waals surface area contributed by atoms with Gasteiger partial charge in [-0.15, -0.1) is 0 Å². The Kier molecular flexibility index (Phi) is 3.51. The van der Waals surface area contributed by atoms with Crippen LogP contribution >= 0.6 is 0 Å². The Balaban J connectivity index is 2.96. The Hall–Kier alpha value is -1.51. The van der Waals surface area contributed by atoms with E-state index in [4.69, 9.17) is 5.73 Å². The Morgan fingerprint density at radius 1 is 1.18 bits per heavy atom. The van der Waals surface area contributed by atoms with Crippen LogP contribution in [-0.2, 0) is 10.2 Å². The third-order valence-electron chi connectivity index (χ3n) is 3.15. The summed E-state index contributed by atoms with van der Waals surface area (Å²) in [4.78, 5) is 11.2. The molecule has 0 fully saturated rings. The fraction of sp³-hybridized carbons (Fsp3) is 0.500. The minimum Gasteiger partial charge on any atom is -0.481 e. The summed E-state index contributed by atoms with van der Waals surface area (Å²) in [5.41, 5.74) is 6.57. The van der Waals surface area contributed by atoms with Crippen molar-refractivity contribution in [2.24, 2.45) is 5.41 Å². The van der Waals surface area contributed by atoms with Gasteiger partial charge in [-0.2, -0.15) is 0 Å². The Labute approximate surface area is 103 Å². The standard InChI is InChI=1S/C14H21NO2/c1-13(2,9-14(3,4)12(16)17)10-5-7-11(15)8-6-10/h5-8H,9,15H2,1-4H3,(H,16,17). The van der Waals surface area contributed by atoms with E-state index in [1.54, 1.807) is 13.8 Å². The molecule has 3 heteroatoms.